The molecule has 0 N–H and O–H groups in total. The van der Waals surface area contributed by atoms with Gasteiger partial charge in [-0.1, -0.05) is 0 Å². The quantitative estimate of drug-likeness (QED) is 0.830. The minimum Gasteiger partial charge on any atom is -0.354 e. The number of hydrogen-bond acceptors (Lipinski definition) is 6. The molecule has 1 unspecified atom stereocenters. The Labute approximate surface area is 159 Å². The lowest BCUT2D eigenvalue weighted by molar-refractivity contribution is -0.138. The van der Waals surface area contributed by atoms with Crippen molar-refractivity contribution in [3.8, 4) is 0 Å². The Bertz CT molecular complexity index is 823. The standard InChI is InChI=1S/C20H26N6O/c1-15-10-24-17(11-23-15)12-26-14-20(6-4-18(26)27)5-3-9-25(13-20)19-16(2)21-7-8-22-19/h7-8,10-11H,3-6,9,12-14H2,1-2H3. The molecular formula is C20H26N6O. The number of anilines is 1. The molecule has 2 aliphatic rings. The van der Waals surface area contributed by atoms with Crippen molar-refractivity contribution in [2.75, 3.05) is 24.5 Å². The molecule has 0 bridgehead atoms. The molecule has 7 heteroatoms. The molecule has 1 atom stereocenters. The fourth-order valence-corrected chi connectivity index (χ4v) is 4.38. The van der Waals surface area contributed by atoms with E-state index in [1.54, 1.807) is 24.8 Å². The average Bonchev–Trinajstić information content (AvgIpc) is 2.67. The topological polar surface area (TPSA) is 75.1 Å². The maximum atomic E-state index is 12.5. The first kappa shape index (κ1) is 17.8. The van der Waals surface area contributed by atoms with E-state index in [-0.39, 0.29) is 11.3 Å². The van der Waals surface area contributed by atoms with Gasteiger partial charge in [0, 0.05) is 50.1 Å². The summed E-state index contributed by atoms with van der Waals surface area (Å²) in [5.74, 6) is 1.19. The second kappa shape index (κ2) is 7.21. The zero-order chi connectivity index (χ0) is 18.9. The molecule has 142 valence electrons. The van der Waals surface area contributed by atoms with Crippen LogP contribution < -0.4 is 4.90 Å². The molecule has 1 amide bonds. The number of likely N-dealkylation sites (tertiary alicyclic amines) is 1. The maximum Gasteiger partial charge on any atom is 0.222 e. The van der Waals surface area contributed by atoms with Crippen LogP contribution in [0.15, 0.2) is 24.8 Å². The van der Waals surface area contributed by atoms with Crippen molar-refractivity contribution in [1.82, 2.24) is 24.8 Å². The summed E-state index contributed by atoms with van der Waals surface area (Å²) in [7, 11) is 0. The third kappa shape index (κ3) is 3.77. The van der Waals surface area contributed by atoms with Gasteiger partial charge in [-0.05, 0) is 33.1 Å². The van der Waals surface area contributed by atoms with Crippen molar-refractivity contribution >= 4 is 11.7 Å². The van der Waals surface area contributed by atoms with Crippen molar-refractivity contribution in [3.63, 3.8) is 0 Å². The molecular weight excluding hydrogens is 340 g/mol. The molecule has 0 radical (unpaired) electrons. The number of carbonyl (C=O) groups excluding carboxylic acids is 1. The predicted molar refractivity (Wildman–Crippen MR) is 102 cm³/mol. The van der Waals surface area contributed by atoms with Gasteiger partial charge in [0.2, 0.25) is 5.91 Å². The summed E-state index contributed by atoms with van der Waals surface area (Å²) in [6, 6.07) is 0. The van der Waals surface area contributed by atoms with Crippen LogP contribution in [0.1, 0.15) is 42.8 Å². The monoisotopic (exact) mass is 366 g/mol. The Morgan fingerprint density at radius 2 is 1.89 bits per heavy atom. The Hall–Kier alpha value is -2.57. The van der Waals surface area contributed by atoms with Crippen molar-refractivity contribution < 1.29 is 4.79 Å². The summed E-state index contributed by atoms with van der Waals surface area (Å²) in [6.07, 6.45) is 10.8. The van der Waals surface area contributed by atoms with Gasteiger partial charge in [-0.15, -0.1) is 0 Å². The van der Waals surface area contributed by atoms with Crippen LogP contribution in [0.3, 0.4) is 0 Å². The van der Waals surface area contributed by atoms with E-state index in [4.69, 9.17) is 0 Å². The van der Waals surface area contributed by atoms with Gasteiger partial charge in [0.1, 0.15) is 5.82 Å². The van der Waals surface area contributed by atoms with E-state index in [1.807, 2.05) is 18.7 Å². The molecule has 2 aromatic heterocycles. The lowest BCUT2D eigenvalue weighted by atomic mass is 9.73. The third-order valence-corrected chi connectivity index (χ3v) is 5.75. The van der Waals surface area contributed by atoms with E-state index in [1.165, 1.54) is 0 Å². The summed E-state index contributed by atoms with van der Waals surface area (Å²) >= 11 is 0. The van der Waals surface area contributed by atoms with E-state index in [0.29, 0.717) is 13.0 Å². The Morgan fingerprint density at radius 3 is 2.67 bits per heavy atom. The van der Waals surface area contributed by atoms with E-state index in [9.17, 15) is 4.79 Å². The average molecular weight is 366 g/mol. The summed E-state index contributed by atoms with van der Waals surface area (Å²) < 4.78 is 0. The molecule has 4 heterocycles. The molecule has 0 aromatic carbocycles. The largest absolute Gasteiger partial charge is 0.354 e. The summed E-state index contributed by atoms with van der Waals surface area (Å²) in [6.45, 7) is 7.17. The van der Waals surface area contributed by atoms with Gasteiger partial charge in [0.15, 0.2) is 0 Å². The number of piperidine rings is 2. The first-order chi connectivity index (χ1) is 13.0. The number of hydrogen-bond donors (Lipinski definition) is 0. The van der Waals surface area contributed by atoms with Crippen molar-refractivity contribution in [2.24, 2.45) is 5.41 Å². The zero-order valence-electron chi connectivity index (χ0n) is 16.1. The highest BCUT2D eigenvalue weighted by Crippen LogP contribution is 2.40. The van der Waals surface area contributed by atoms with Gasteiger partial charge in [-0.2, -0.15) is 0 Å². The van der Waals surface area contributed by atoms with Crippen molar-refractivity contribution in [3.05, 3.63) is 41.9 Å². The Balaban J connectivity index is 1.51. The molecule has 2 aliphatic heterocycles. The van der Waals surface area contributed by atoms with Crippen molar-refractivity contribution in [1.29, 1.82) is 0 Å². The van der Waals surface area contributed by atoms with E-state index >= 15 is 0 Å². The van der Waals surface area contributed by atoms with E-state index in [2.05, 4.69) is 24.8 Å². The number of aryl methyl sites for hydroxylation is 2. The van der Waals surface area contributed by atoms with Crippen LogP contribution in [-0.4, -0.2) is 50.4 Å². The fraction of sp³-hybridized carbons (Fsp3) is 0.550. The highest BCUT2D eigenvalue weighted by Gasteiger charge is 2.42. The normalized spacial score (nSPS) is 23.1. The highest BCUT2D eigenvalue weighted by atomic mass is 16.2. The SMILES string of the molecule is Cc1cnc(CN2CC3(CCCN(c4nccnc4C)C3)CCC2=O)cn1. The third-order valence-electron chi connectivity index (χ3n) is 5.75. The molecule has 2 aromatic rings. The molecule has 0 saturated carbocycles. The highest BCUT2D eigenvalue weighted by molar-refractivity contribution is 5.77. The minimum absolute atomic E-state index is 0.119. The molecule has 7 nitrogen and oxygen atoms in total. The maximum absolute atomic E-state index is 12.5. The predicted octanol–water partition coefficient (Wildman–Crippen LogP) is 2.29. The molecule has 1 spiro atoms. The van der Waals surface area contributed by atoms with E-state index < -0.39 is 0 Å². The molecule has 2 saturated heterocycles. The van der Waals surface area contributed by atoms with Gasteiger partial charge >= 0.3 is 0 Å². The van der Waals surface area contributed by atoms with Crippen LogP contribution in [0.5, 0.6) is 0 Å². The van der Waals surface area contributed by atoms with Crippen LogP contribution in [0, 0.1) is 19.3 Å². The number of nitrogens with zero attached hydrogens (tertiary/aromatic N) is 6. The van der Waals surface area contributed by atoms with Gasteiger partial charge in [-0.3, -0.25) is 19.7 Å². The number of carbonyl (C=O) groups is 1. The minimum atomic E-state index is 0.119. The van der Waals surface area contributed by atoms with Gasteiger partial charge in [0.05, 0.1) is 29.8 Å². The molecule has 0 aliphatic carbocycles. The summed E-state index contributed by atoms with van der Waals surface area (Å²) in [5, 5.41) is 0. The molecule has 2 fully saturated rings. The number of aromatic nitrogens is 4. The van der Waals surface area contributed by atoms with E-state index in [0.717, 1.165) is 61.8 Å². The van der Waals surface area contributed by atoms with Crippen LogP contribution in [0.25, 0.3) is 0 Å². The smallest absolute Gasteiger partial charge is 0.222 e. The second-order valence-electron chi connectivity index (χ2n) is 7.89. The molecule has 4 rings (SSSR count). The van der Waals surface area contributed by atoms with Crippen LogP contribution in [0.2, 0.25) is 0 Å². The Morgan fingerprint density at radius 1 is 1.04 bits per heavy atom. The van der Waals surface area contributed by atoms with Gasteiger partial charge < -0.3 is 9.80 Å². The zero-order valence-corrected chi connectivity index (χ0v) is 16.1. The van der Waals surface area contributed by atoms with Gasteiger partial charge in [0.25, 0.3) is 0 Å². The molecule has 27 heavy (non-hydrogen) atoms. The lowest BCUT2D eigenvalue weighted by Gasteiger charge is -2.48. The lowest BCUT2D eigenvalue weighted by Crippen LogP contribution is -2.54. The van der Waals surface area contributed by atoms with Crippen molar-refractivity contribution in [2.45, 2.75) is 46.1 Å². The van der Waals surface area contributed by atoms with Crippen LogP contribution in [-0.2, 0) is 11.3 Å². The fourth-order valence-electron chi connectivity index (χ4n) is 4.38. The first-order valence-electron chi connectivity index (χ1n) is 9.63. The summed E-state index contributed by atoms with van der Waals surface area (Å²) in [5.41, 5.74) is 2.83. The van der Waals surface area contributed by atoms with Gasteiger partial charge in [-0.25, -0.2) is 4.98 Å². The van der Waals surface area contributed by atoms with Crippen LogP contribution >= 0.6 is 0 Å². The first-order valence-corrected chi connectivity index (χ1v) is 9.63. The number of rotatable bonds is 3. The number of amides is 1. The summed E-state index contributed by atoms with van der Waals surface area (Å²) in [4.78, 5) is 34.5. The second-order valence-corrected chi connectivity index (χ2v) is 7.89. The van der Waals surface area contributed by atoms with Crippen LogP contribution in [0.4, 0.5) is 5.82 Å². The Kier molecular flexibility index (Phi) is 4.76.